The number of aldehydes is 1. The number of rotatable bonds is 53. The lowest BCUT2D eigenvalue weighted by atomic mass is 9.85. The summed E-state index contributed by atoms with van der Waals surface area (Å²) in [5.74, 6) is -3.03. The van der Waals surface area contributed by atoms with Crippen molar-refractivity contribution in [1.29, 1.82) is 0 Å². The van der Waals surface area contributed by atoms with E-state index in [-0.39, 0.29) is 83.6 Å². The number of hydroxylamine groups is 3. The Hall–Kier alpha value is -9.73. The summed E-state index contributed by atoms with van der Waals surface area (Å²) >= 11 is 0. The van der Waals surface area contributed by atoms with E-state index < -0.39 is 46.7 Å². The van der Waals surface area contributed by atoms with Gasteiger partial charge in [0.1, 0.15) is 55.9 Å². The molecule has 27 heteroatoms. The molecule has 0 saturated carbocycles. The van der Waals surface area contributed by atoms with Gasteiger partial charge < -0.3 is 54.6 Å². The first kappa shape index (κ1) is 119. The zero-order valence-corrected chi connectivity index (χ0v) is 81.9. The van der Waals surface area contributed by atoms with Crippen molar-refractivity contribution in [3.05, 3.63) is 144 Å². The van der Waals surface area contributed by atoms with E-state index in [1.807, 2.05) is 204 Å². The number of carbonyl (C=O) groups is 11. The van der Waals surface area contributed by atoms with Crippen LogP contribution in [-0.2, 0) is 108 Å². The van der Waals surface area contributed by atoms with Gasteiger partial charge in [0.05, 0.1) is 62.5 Å². The summed E-state index contributed by atoms with van der Waals surface area (Å²) in [6.07, 6.45) is 22.7. The Kier molecular flexibility index (Phi) is 66.9. The molecule has 0 heterocycles. The number of ether oxygens (including phenoxy) is 2. The second-order valence-corrected chi connectivity index (χ2v) is 35.3. The molecular weight excluding hydrogens is 1610 g/mol. The number of benzene rings is 4. The Morgan fingerprint density at radius 2 is 0.748 bits per heavy atom. The molecule has 0 fully saturated rings. The number of likely N-dealkylation sites (N-methyl/N-ethyl adjacent to an activating group) is 3. The van der Waals surface area contributed by atoms with Crippen LogP contribution in [0.2, 0.25) is 0 Å². The van der Waals surface area contributed by atoms with Crippen molar-refractivity contribution in [1.82, 2.24) is 41.2 Å². The predicted molar refractivity (Wildman–Crippen MR) is 507 cm³/mol. The predicted octanol–water partition coefficient (Wildman–Crippen LogP) is 17.4. The average Bonchev–Trinajstić information content (AvgIpc) is 0.849. The lowest BCUT2D eigenvalue weighted by Gasteiger charge is -2.34. The molecule has 127 heavy (non-hydrogen) atoms. The summed E-state index contributed by atoms with van der Waals surface area (Å²) in [5.41, 5.74) is 5.80. The zero-order valence-electron chi connectivity index (χ0n) is 81.9. The normalized spacial score (nSPS) is 12.9. The Morgan fingerprint density at radius 3 is 1.11 bits per heavy atom. The second-order valence-electron chi connectivity index (χ2n) is 35.3. The molecule has 0 spiro atoms. The minimum absolute atomic E-state index is 0.0522. The van der Waals surface area contributed by atoms with Crippen LogP contribution >= 0.6 is 0 Å². The molecule has 0 saturated heterocycles. The summed E-state index contributed by atoms with van der Waals surface area (Å²) in [7, 11) is 10.2. The topological polar surface area (TPSA) is 329 Å². The highest BCUT2D eigenvalue weighted by Gasteiger charge is 2.38. The minimum Gasteiger partial charge on any atom is -0.466 e. The Morgan fingerprint density at radius 1 is 0.402 bits per heavy atom. The maximum atomic E-state index is 13.1. The minimum atomic E-state index is -0.654. The van der Waals surface area contributed by atoms with Crippen LogP contribution in [0.1, 0.15) is 275 Å². The molecule has 0 bridgehead atoms. The van der Waals surface area contributed by atoms with Crippen molar-refractivity contribution < 1.29 is 81.6 Å². The van der Waals surface area contributed by atoms with Gasteiger partial charge in [-0.1, -0.05) is 319 Å². The third kappa shape index (κ3) is 57.7. The molecule has 5 unspecified atom stereocenters. The van der Waals surface area contributed by atoms with Crippen LogP contribution < -0.4 is 21.4 Å². The molecule has 27 nitrogen and oxygen atoms in total. The van der Waals surface area contributed by atoms with Crippen LogP contribution in [0.5, 0.6) is 0 Å². The molecule has 4 aromatic carbocycles. The summed E-state index contributed by atoms with van der Waals surface area (Å²) in [4.78, 5) is 158. The molecule has 7 amide bonds. The van der Waals surface area contributed by atoms with Gasteiger partial charge in [-0.25, -0.2) is 10.5 Å². The van der Waals surface area contributed by atoms with Crippen LogP contribution in [0, 0.1) is 45.8 Å². The molecule has 0 aliphatic carbocycles. The monoisotopic (exact) mass is 1780 g/mol. The molecule has 4 N–H and O–H groups in total. The highest BCUT2D eigenvalue weighted by atomic mass is 16.7. The summed E-state index contributed by atoms with van der Waals surface area (Å²) < 4.78 is 9.50. The number of nitrogens with one attached hydrogen (secondary N) is 4. The van der Waals surface area contributed by atoms with Gasteiger partial charge >= 0.3 is 11.9 Å². The van der Waals surface area contributed by atoms with E-state index in [9.17, 15) is 52.7 Å². The Balaban J connectivity index is 0. The standard InChI is InChI=1S/C23H37N3O4.C22H37N3O3.C22H35N3O3.C15H21NO2.C9H16O3.C9H18O2/c1-7-8-14-19(15-26(17-27)30-16-18-12-10-9-11-13-18)21(28)24-20(23(2,3)4)22(29)25(5)6;2*1-7-8-14-18(15-23-28-16-17-12-10-9-11-13-17)20(26)24-19(22(2,3)4)21(27)25(5)6;1-3-4-10-15(13(2)17)11-16-18-12-14-8-6-5-7-9-14;1-3-5-6-8(7-10)9(11)12-4-2;1-3-5-6-7-8-9(10)11-4-2/h9-13,17,19-20H,7-8,14-16H2,1-6H3,(H,24,28);9-13,18-19,23H,7-8,14-16H2,1-6H3,(H,24,26);9-13,15,18-19H,7-8,14,16H2,1-6H3,(H,24,26);5-9,11,15H,3-4,10,12H2,1-2H3;7-8H,3-6H2,1-2H3;3-8H2,1-2H3/t19?,20-;2*18?,19-;;;/m111.../s1. The molecule has 0 aliphatic rings. The largest absolute Gasteiger partial charge is 0.466 e. The van der Waals surface area contributed by atoms with E-state index in [4.69, 9.17) is 28.8 Å². The summed E-state index contributed by atoms with van der Waals surface area (Å²) in [6, 6.07) is 37.1. The van der Waals surface area contributed by atoms with Crippen molar-refractivity contribution in [2.75, 3.05) is 68.6 Å². The van der Waals surface area contributed by atoms with Crippen LogP contribution in [0.3, 0.4) is 0 Å². The number of hydrogen-bond donors (Lipinski definition) is 4. The quantitative estimate of drug-likeness (QED) is 0.00797. The van der Waals surface area contributed by atoms with Crippen LogP contribution in [0.4, 0.5) is 0 Å². The summed E-state index contributed by atoms with van der Waals surface area (Å²) in [6.45, 7) is 38.0. The van der Waals surface area contributed by atoms with Gasteiger partial charge in [-0.15, -0.1) is 0 Å². The maximum Gasteiger partial charge on any atom is 0.316 e. The van der Waals surface area contributed by atoms with Gasteiger partial charge in [-0.05, 0) is 97.8 Å². The molecule has 0 aromatic heterocycles. The molecule has 4 aromatic rings. The molecule has 716 valence electrons. The second kappa shape index (κ2) is 71.2. The maximum absolute atomic E-state index is 13.1. The highest BCUT2D eigenvalue weighted by Crippen LogP contribution is 2.26. The van der Waals surface area contributed by atoms with Gasteiger partial charge in [0.15, 0.2) is 0 Å². The third-order valence-electron chi connectivity index (χ3n) is 19.9. The number of oxime groups is 2. The number of ketones is 1. The first-order valence-corrected chi connectivity index (χ1v) is 45.7. The van der Waals surface area contributed by atoms with E-state index in [0.29, 0.717) is 78.0 Å². The number of Topliss-reactive ketones (excluding diaryl/α,β-unsaturated/α-hetero) is 1. The van der Waals surface area contributed by atoms with Crippen molar-refractivity contribution in [2.24, 2.45) is 56.1 Å². The fraction of sp³-hybridized carbons (Fsp3) is 0.630. The average molecular weight is 1780 g/mol. The van der Waals surface area contributed by atoms with Crippen molar-refractivity contribution in [2.45, 2.75) is 298 Å². The first-order valence-electron chi connectivity index (χ1n) is 45.7. The van der Waals surface area contributed by atoms with E-state index >= 15 is 0 Å². The van der Waals surface area contributed by atoms with Gasteiger partial charge in [0.2, 0.25) is 41.9 Å². The SMILES string of the molecule is CCCCC(C=NOCc1ccccc1)C(=O)N[C@H](C(=O)N(C)C)C(C)(C)C.CCCCC(C=NOCc1ccccc1)C(C)=O.CCCCC(C=O)C(=O)OCC.CCCCC(CN(C=O)OCc1ccccc1)C(=O)N[C@H](C(=O)N(C)C)C(C)(C)C.CCCCC(CNOCc1ccccc1)C(=O)N[C@H](C(=O)N(C)C)C(C)(C)C.CCCCCCC(=O)OCC. The number of esters is 2. The molecule has 4 rings (SSSR count). The van der Waals surface area contributed by atoms with Crippen LogP contribution in [0.15, 0.2) is 132 Å². The van der Waals surface area contributed by atoms with Gasteiger partial charge in [0, 0.05) is 55.3 Å². The zero-order chi connectivity index (χ0) is 96.2. The van der Waals surface area contributed by atoms with E-state index in [1.54, 1.807) is 68.6 Å². The van der Waals surface area contributed by atoms with Gasteiger partial charge in [-0.2, -0.15) is 0 Å². The molecular formula is C100H164N10O17. The van der Waals surface area contributed by atoms with Crippen molar-refractivity contribution in [3.63, 3.8) is 0 Å². The molecule has 0 aliphatic heterocycles. The lowest BCUT2D eigenvalue weighted by Crippen LogP contribution is -2.55. The van der Waals surface area contributed by atoms with Crippen LogP contribution in [-0.4, -0.2) is 185 Å². The fourth-order valence-electron chi connectivity index (χ4n) is 11.9. The van der Waals surface area contributed by atoms with Gasteiger partial charge in [0.25, 0.3) is 0 Å². The number of nitrogens with zero attached hydrogens (tertiary/aromatic N) is 6. The van der Waals surface area contributed by atoms with Crippen molar-refractivity contribution >= 4 is 78.3 Å². The smallest absolute Gasteiger partial charge is 0.316 e. The Labute approximate surface area is 763 Å². The van der Waals surface area contributed by atoms with E-state index in [1.165, 1.54) is 32.6 Å². The molecule has 8 atom stereocenters. The van der Waals surface area contributed by atoms with E-state index in [2.05, 4.69) is 59.4 Å². The number of carbonyl (C=O) groups excluding carboxylic acids is 11. The van der Waals surface area contributed by atoms with E-state index in [0.717, 1.165) is 112 Å². The fourth-order valence-corrected chi connectivity index (χ4v) is 11.9. The first-order chi connectivity index (χ1) is 60.2. The lowest BCUT2D eigenvalue weighted by molar-refractivity contribution is -0.182. The number of unbranched alkanes of at least 4 members (excludes halogenated alkanes) is 8. The third-order valence-corrected chi connectivity index (χ3v) is 19.9. The number of hydrogen-bond acceptors (Lipinski definition) is 20. The van der Waals surface area contributed by atoms with Crippen LogP contribution in [0.25, 0.3) is 0 Å². The summed E-state index contributed by atoms with van der Waals surface area (Å²) in [5, 5.41) is 17.9. The number of amides is 7. The Bertz CT molecular complexity index is 3660. The highest BCUT2D eigenvalue weighted by molar-refractivity contribution is 5.97. The van der Waals surface area contributed by atoms with Crippen molar-refractivity contribution in [3.8, 4) is 0 Å². The van der Waals surface area contributed by atoms with Gasteiger partial charge in [-0.3, -0.25) is 57.6 Å². The molecule has 0 radical (unpaired) electrons.